The molecule has 1 aliphatic rings. The fraction of sp³-hybridized carbons (Fsp3) is 0.111. The molecular formula is C27H23N3O6. The Morgan fingerprint density at radius 1 is 0.972 bits per heavy atom. The smallest absolute Gasteiger partial charge is 0.335 e. The number of rotatable bonds is 7. The Kier molecular flexibility index (Phi) is 7.10. The minimum atomic E-state index is -0.843. The largest absolute Gasteiger partial charge is 0.497 e. The van der Waals surface area contributed by atoms with Crippen LogP contribution in [0.4, 0.5) is 16.2 Å². The highest BCUT2D eigenvalue weighted by Crippen LogP contribution is 2.25. The standard InChI is InChI=1S/C27H23N3O6/c1-17-6-3-4-9-23(17)28-24(31)16-36-21-8-5-7-18(14-21)15-22-25(32)29-27(34)30(26(22)33)19-10-12-20(35-2)13-11-19/h3-15H,16H2,1-2H3,(H,28,31)(H,29,32,34)/b22-15+. The first-order chi connectivity index (χ1) is 17.4. The van der Waals surface area contributed by atoms with Gasteiger partial charge in [0.25, 0.3) is 17.7 Å². The summed E-state index contributed by atoms with van der Waals surface area (Å²) in [5.74, 6) is -0.976. The first-order valence-electron chi connectivity index (χ1n) is 11.0. The molecule has 0 atom stereocenters. The quantitative estimate of drug-likeness (QED) is 0.390. The van der Waals surface area contributed by atoms with Crippen molar-refractivity contribution in [3.8, 4) is 11.5 Å². The van der Waals surface area contributed by atoms with Crippen molar-refractivity contribution in [1.82, 2.24) is 5.32 Å². The molecule has 3 aromatic rings. The van der Waals surface area contributed by atoms with Gasteiger partial charge in [0.15, 0.2) is 6.61 Å². The molecule has 4 rings (SSSR count). The third-order valence-electron chi connectivity index (χ3n) is 5.39. The van der Waals surface area contributed by atoms with E-state index in [4.69, 9.17) is 9.47 Å². The molecule has 1 fully saturated rings. The van der Waals surface area contributed by atoms with Crippen LogP contribution in [0.25, 0.3) is 6.08 Å². The molecule has 3 aromatic carbocycles. The second kappa shape index (κ2) is 10.6. The molecule has 1 saturated heterocycles. The summed E-state index contributed by atoms with van der Waals surface area (Å²) >= 11 is 0. The Morgan fingerprint density at radius 3 is 2.44 bits per heavy atom. The van der Waals surface area contributed by atoms with Gasteiger partial charge < -0.3 is 14.8 Å². The van der Waals surface area contributed by atoms with Crippen LogP contribution in [0.3, 0.4) is 0 Å². The van der Waals surface area contributed by atoms with Gasteiger partial charge in [-0.25, -0.2) is 9.69 Å². The van der Waals surface area contributed by atoms with E-state index >= 15 is 0 Å². The van der Waals surface area contributed by atoms with Gasteiger partial charge in [-0.2, -0.15) is 0 Å². The number of methoxy groups -OCH3 is 1. The maximum Gasteiger partial charge on any atom is 0.335 e. The third kappa shape index (κ3) is 5.41. The summed E-state index contributed by atoms with van der Waals surface area (Å²) in [5, 5.41) is 4.97. The number of aryl methyl sites for hydroxylation is 1. The monoisotopic (exact) mass is 485 g/mol. The van der Waals surface area contributed by atoms with Crippen LogP contribution in [0.5, 0.6) is 11.5 Å². The number of anilines is 2. The van der Waals surface area contributed by atoms with Gasteiger partial charge in [0, 0.05) is 5.69 Å². The molecule has 0 spiro atoms. The van der Waals surface area contributed by atoms with Crippen LogP contribution in [0.1, 0.15) is 11.1 Å². The lowest BCUT2D eigenvalue weighted by molar-refractivity contribution is -0.122. The maximum atomic E-state index is 13.1. The highest BCUT2D eigenvalue weighted by molar-refractivity contribution is 6.39. The van der Waals surface area contributed by atoms with Crippen LogP contribution in [0.15, 0.2) is 78.4 Å². The molecule has 0 radical (unpaired) electrons. The Labute approximate surface area is 207 Å². The minimum Gasteiger partial charge on any atom is -0.497 e. The number of imide groups is 2. The molecule has 0 unspecified atom stereocenters. The first-order valence-corrected chi connectivity index (χ1v) is 11.0. The van der Waals surface area contributed by atoms with E-state index in [1.807, 2.05) is 25.1 Å². The summed E-state index contributed by atoms with van der Waals surface area (Å²) in [6.45, 7) is 1.66. The molecule has 0 aliphatic carbocycles. The first kappa shape index (κ1) is 24.2. The second-order valence-corrected chi connectivity index (χ2v) is 7.88. The lowest BCUT2D eigenvalue weighted by Crippen LogP contribution is -2.54. The maximum absolute atomic E-state index is 13.1. The summed E-state index contributed by atoms with van der Waals surface area (Å²) in [7, 11) is 1.50. The number of barbiturate groups is 1. The normalized spacial score (nSPS) is 14.4. The number of carbonyl (C=O) groups excluding carboxylic acids is 4. The van der Waals surface area contributed by atoms with E-state index in [-0.39, 0.29) is 23.8 Å². The fourth-order valence-corrected chi connectivity index (χ4v) is 3.53. The zero-order chi connectivity index (χ0) is 25.7. The van der Waals surface area contributed by atoms with Crippen molar-refractivity contribution in [3.05, 3.63) is 89.5 Å². The molecule has 5 amide bonds. The van der Waals surface area contributed by atoms with Crippen molar-refractivity contribution in [2.45, 2.75) is 6.92 Å². The van der Waals surface area contributed by atoms with E-state index in [1.165, 1.54) is 13.2 Å². The summed E-state index contributed by atoms with van der Waals surface area (Å²) in [5.41, 5.74) is 2.17. The molecule has 0 bridgehead atoms. The SMILES string of the molecule is COc1ccc(N2C(=O)NC(=O)/C(=C\c3cccc(OCC(=O)Nc4ccccc4C)c3)C2=O)cc1. The zero-order valence-corrected chi connectivity index (χ0v) is 19.6. The van der Waals surface area contributed by atoms with Gasteiger partial charge in [-0.05, 0) is 66.6 Å². The second-order valence-electron chi connectivity index (χ2n) is 7.88. The van der Waals surface area contributed by atoms with Crippen molar-refractivity contribution in [2.24, 2.45) is 0 Å². The van der Waals surface area contributed by atoms with Crippen LogP contribution in [0, 0.1) is 6.92 Å². The topological polar surface area (TPSA) is 114 Å². The average molecular weight is 485 g/mol. The van der Waals surface area contributed by atoms with Crippen LogP contribution >= 0.6 is 0 Å². The van der Waals surface area contributed by atoms with Gasteiger partial charge in [0.2, 0.25) is 0 Å². The molecule has 2 N–H and O–H groups in total. The highest BCUT2D eigenvalue weighted by atomic mass is 16.5. The van der Waals surface area contributed by atoms with E-state index < -0.39 is 17.8 Å². The molecular weight excluding hydrogens is 462 g/mol. The molecule has 1 aliphatic heterocycles. The van der Waals surface area contributed by atoms with Crippen LogP contribution in [-0.2, 0) is 14.4 Å². The number of ether oxygens (including phenoxy) is 2. The number of amides is 5. The molecule has 0 aromatic heterocycles. The number of hydrogen-bond donors (Lipinski definition) is 2. The van der Waals surface area contributed by atoms with E-state index in [0.29, 0.717) is 22.7 Å². The van der Waals surface area contributed by atoms with E-state index in [0.717, 1.165) is 10.5 Å². The number of benzene rings is 3. The predicted molar refractivity (Wildman–Crippen MR) is 134 cm³/mol. The Balaban J connectivity index is 1.49. The number of nitrogens with zero attached hydrogens (tertiary/aromatic N) is 1. The number of urea groups is 1. The predicted octanol–water partition coefficient (Wildman–Crippen LogP) is 3.69. The number of nitrogens with one attached hydrogen (secondary N) is 2. The molecule has 9 heteroatoms. The van der Waals surface area contributed by atoms with Crippen molar-refractivity contribution in [2.75, 3.05) is 23.9 Å². The number of carbonyl (C=O) groups is 4. The van der Waals surface area contributed by atoms with Crippen molar-refractivity contribution < 1.29 is 28.7 Å². The molecule has 9 nitrogen and oxygen atoms in total. The highest BCUT2D eigenvalue weighted by Gasteiger charge is 2.36. The van der Waals surface area contributed by atoms with Gasteiger partial charge >= 0.3 is 6.03 Å². The summed E-state index contributed by atoms with van der Waals surface area (Å²) in [4.78, 5) is 51.0. The van der Waals surface area contributed by atoms with E-state index in [9.17, 15) is 19.2 Å². The molecule has 36 heavy (non-hydrogen) atoms. The Hall–Kier alpha value is -4.92. The zero-order valence-electron chi connectivity index (χ0n) is 19.6. The summed E-state index contributed by atoms with van der Waals surface area (Å²) < 4.78 is 10.7. The molecule has 1 heterocycles. The van der Waals surface area contributed by atoms with Gasteiger partial charge in [0.05, 0.1) is 12.8 Å². The van der Waals surface area contributed by atoms with Crippen LogP contribution in [-0.4, -0.2) is 37.5 Å². The Morgan fingerprint density at radius 2 is 1.72 bits per heavy atom. The average Bonchev–Trinajstić information content (AvgIpc) is 2.87. The van der Waals surface area contributed by atoms with Gasteiger partial charge in [0.1, 0.15) is 17.1 Å². The summed E-state index contributed by atoms with van der Waals surface area (Å²) in [6, 6.07) is 19.4. The van der Waals surface area contributed by atoms with Crippen LogP contribution in [0.2, 0.25) is 0 Å². The van der Waals surface area contributed by atoms with Gasteiger partial charge in [-0.15, -0.1) is 0 Å². The van der Waals surface area contributed by atoms with Crippen molar-refractivity contribution >= 4 is 41.2 Å². The van der Waals surface area contributed by atoms with Gasteiger partial charge in [-0.1, -0.05) is 30.3 Å². The molecule has 182 valence electrons. The lowest BCUT2D eigenvalue weighted by Gasteiger charge is -2.26. The Bertz CT molecular complexity index is 1360. The lowest BCUT2D eigenvalue weighted by atomic mass is 10.1. The van der Waals surface area contributed by atoms with Crippen molar-refractivity contribution in [3.63, 3.8) is 0 Å². The number of hydrogen-bond acceptors (Lipinski definition) is 6. The van der Waals surface area contributed by atoms with Gasteiger partial charge in [-0.3, -0.25) is 19.7 Å². The van der Waals surface area contributed by atoms with Crippen LogP contribution < -0.4 is 25.0 Å². The third-order valence-corrected chi connectivity index (χ3v) is 5.39. The fourth-order valence-electron chi connectivity index (χ4n) is 3.53. The van der Waals surface area contributed by atoms with Crippen molar-refractivity contribution in [1.29, 1.82) is 0 Å². The summed E-state index contributed by atoms with van der Waals surface area (Å²) in [6.07, 6.45) is 1.36. The number of para-hydroxylation sites is 1. The van der Waals surface area contributed by atoms with E-state index in [1.54, 1.807) is 54.6 Å². The van der Waals surface area contributed by atoms with E-state index in [2.05, 4.69) is 10.6 Å². The molecule has 0 saturated carbocycles. The minimum absolute atomic E-state index is 0.222.